The lowest BCUT2D eigenvalue weighted by Crippen LogP contribution is -2.15. The number of nitrogens with one attached hydrogen (secondary N) is 1. The number of amides is 1. The molecular weight excluding hydrogens is 248 g/mol. The van der Waals surface area contributed by atoms with Gasteiger partial charge in [0.15, 0.2) is 0 Å². The van der Waals surface area contributed by atoms with E-state index < -0.39 is 0 Å². The molecule has 5 nitrogen and oxygen atoms in total. The Balaban J connectivity index is 2.11. The van der Waals surface area contributed by atoms with Crippen molar-refractivity contribution in [1.82, 2.24) is 14.3 Å². The molecule has 2 aromatic heterocycles. The summed E-state index contributed by atoms with van der Waals surface area (Å²) in [6.07, 6.45) is 1.58. The van der Waals surface area contributed by atoms with Gasteiger partial charge in [0.2, 0.25) is 5.13 Å². The molecule has 0 spiro atoms. The smallest absolute Gasteiger partial charge is 0.276 e. The van der Waals surface area contributed by atoms with Crippen molar-refractivity contribution in [3.8, 4) is 0 Å². The van der Waals surface area contributed by atoms with Gasteiger partial charge in [-0.15, -0.1) is 0 Å². The minimum Gasteiger partial charge on any atom is -0.295 e. The van der Waals surface area contributed by atoms with E-state index in [9.17, 15) is 4.79 Å². The second kappa shape index (κ2) is 4.81. The minimum atomic E-state index is -0.271. The van der Waals surface area contributed by atoms with E-state index in [2.05, 4.69) is 19.7 Å². The molecule has 1 amide bonds. The largest absolute Gasteiger partial charge is 0.295 e. The maximum atomic E-state index is 11.8. The van der Waals surface area contributed by atoms with Crippen molar-refractivity contribution >= 4 is 22.6 Å². The van der Waals surface area contributed by atoms with Crippen molar-refractivity contribution in [2.45, 2.75) is 26.2 Å². The van der Waals surface area contributed by atoms with Gasteiger partial charge in [-0.3, -0.25) is 15.1 Å². The number of hydrogen-bond acceptors (Lipinski definition) is 5. The van der Waals surface area contributed by atoms with Crippen LogP contribution < -0.4 is 5.32 Å². The van der Waals surface area contributed by atoms with Crippen LogP contribution in [0.1, 0.15) is 37.1 Å². The topological polar surface area (TPSA) is 67.8 Å². The van der Waals surface area contributed by atoms with E-state index in [1.54, 1.807) is 24.4 Å². The molecule has 1 N–H and O–H groups in total. The zero-order chi connectivity index (χ0) is 13.2. The summed E-state index contributed by atoms with van der Waals surface area (Å²) in [5, 5.41) is 3.19. The van der Waals surface area contributed by atoms with Gasteiger partial charge in [0.1, 0.15) is 11.5 Å². The molecule has 0 radical (unpaired) electrons. The predicted octanol–water partition coefficient (Wildman–Crippen LogP) is 2.48. The van der Waals surface area contributed by atoms with Crippen molar-refractivity contribution in [3.63, 3.8) is 0 Å². The molecule has 0 saturated carbocycles. The van der Waals surface area contributed by atoms with Crippen LogP contribution in [0.15, 0.2) is 24.4 Å². The Kier molecular flexibility index (Phi) is 3.38. The monoisotopic (exact) mass is 262 g/mol. The Bertz CT molecular complexity index is 545. The Hall–Kier alpha value is -1.82. The molecular formula is C12H14N4OS. The molecule has 2 rings (SSSR count). The van der Waals surface area contributed by atoms with Crippen molar-refractivity contribution in [1.29, 1.82) is 0 Å². The molecule has 0 fully saturated rings. The van der Waals surface area contributed by atoms with Gasteiger partial charge in [-0.05, 0) is 12.1 Å². The zero-order valence-corrected chi connectivity index (χ0v) is 11.3. The van der Waals surface area contributed by atoms with Gasteiger partial charge in [0, 0.05) is 23.1 Å². The van der Waals surface area contributed by atoms with E-state index in [4.69, 9.17) is 0 Å². The normalized spacial score (nSPS) is 11.3. The first-order chi connectivity index (χ1) is 8.47. The summed E-state index contributed by atoms with van der Waals surface area (Å²) in [5.74, 6) is 0.455. The molecule has 0 aliphatic carbocycles. The molecule has 0 aliphatic rings. The van der Waals surface area contributed by atoms with Crippen molar-refractivity contribution < 1.29 is 4.79 Å². The molecule has 0 bridgehead atoms. The lowest BCUT2D eigenvalue weighted by Gasteiger charge is -2.12. The summed E-state index contributed by atoms with van der Waals surface area (Å²) in [4.78, 5) is 20.1. The maximum Gasteiger partial charge on any atom is 0.276 e. The van der Waals surface area contributed by atoms with E-state index in [-0.39, 0.29) is 11.3 Å². The highest BCUT2D eigenvalue weighted by Gasteiger charge is 2.20. The fraction of sp³-hybridized carbons (Fsp3) is 0.333. The molecule has 0 atom stereocenters. The first-order valence-electron chi connectivity index (χ1n) is 5.53. The predicted molar refractivity (Wildman–Crippen MR) is 70.8 cm³/mol. The fourth-order valence-corrected chi connectivity index (χ4v) is 1.99. The molecule has 2 aromatic rings. The number of pyridine rings is 1. The SMILES string of the molecule is CC(C)(C)c1nsc(NC(=O)c2ccccn2)n1. The summed E-state index contributed by atoms with van der Waals surface area (Å²) >= 11 is 1.18. The zero-order valence-electron chi connectivity index (χ0n) is 10.5. The summed E-state index contributed by atoms with van der Waals surface area (Å²) in [5.41, 5.74) is 0.245. The number of nitrogens with zero attached hydrogens (tertiary/aromatic N) is 3. The molecule has 2 heterocycles. The third kappa shape index (κ3) is 2.89. The Labute approximate surface area is 109 Å². The second-order valence-electron chi connectivity index (χ2n) is 4.84. The summed E-state index contributed by atoms with van der Waals surface area (Å²) in [6.45, 7) is 6.08. The van der Waals surface area contributed by atoms with Gasteiger partial charge in [-0.1, -0.05) is 26.8 Å². The van der Waals surface area contributed by atoms with Gasteiger partial charge in [-0.2, -0.15) is 4.37 Å². The summed E-state index contributed by atoms with van der Waals surface area (Å²) in [7, 11) is 0. The molecule has 0 aromatic carbocycles. The van der Waals surface area contributed by atoms with Gasteiger partial charge >= 0.3 is 0 Å². The van der Waals surface area contributed by atoms with E-state index in [1.807, 2.05) is 20.8 Å². The summed E-state index contributed by atoms with van der Waals surface area (Å²) < 4.78 is 4.23. The molecule has 6 heteroatoms. The Morgan fingerprint density at radius 2 is 2.11 bits per heavy atom. The third-order valence-electron chi connectivity index (χ3n) is 2.21. The first-order valence-corrected chi connectivity index (χ1v) is 6.31. The standard InChI is InChI=1S/C12H14N4OS/c1-12(2,3)10-15-11(18-16-10)14-9(17)8-6-4-5-7-13-8/h4-7H,1-3H3,(H,14,15,16,17). The van der Waals surface area contributed by atoms with Crippen molar-refractivity contribution in [3.05, 3.63) is 35.9 Å². The second-order valence-corrected chi connectivity index (χ2v) is 5.59. The molecule has 18 heavy (non-hydrogen) atoms. The van der Waals surface area contributed by atoms with Crippen LogP contribution in [-0.4, -0.2) is 20.2 Å². The number of rotatable bonds is 2. The lowest BCUT2D eigenvalue weighted by atomic mass is 9.96. The number of carbonyl (C=O) groups is 1. The van der Waals surface area contributed by atoms with Gasteiger partial charge < -0.3 is 0 Å². The van der Waals surface area contributed by atoms with Crippen LogP contribution in [0.2, 0.25) is 0 Å². The van der Waals surface area contributed by atoms with Crippen molar-refractivity contribution in [2.24, 2.45) is 0 Å². The maximum absolute atomic E-state index is 11.8. The number of aromatic nitrogens is 3. The van der Waals surface area contributed by atoms with Crippen LogP contribution in [-0.2, 0) is 5.41 Å². The number of anilines is 1. The number of carbonyl (C=O) groups excluding carboxylic acids is 1. The van der Waals surface area contributed by atoms with Crippen LogP contribution in [0.3, 0.4) is 0 Å². The Morgan fingerprint density at radius 1 is 1.33 bits per heavy atom. The van der Waals surface area contributed by atoms with E-state index in [1.165, 1.54) is 11.5 Å². The van der Waals surface area contributed by atoms with Crippen LogP contribution in [0.5, 0.6) is 0 Å². The average molecular weight is 262 g/mol. The van der Waals surface area contributed by atoms with E-state index in [0.717, 1.165) is 5.82 Å². The summed E-state index contributed by atoms with van der Waals surface area (Å²) in [6, 6.07) is 5.18. The van der Waals surface area contributed by atoms with Gasteiger partial charge in [0.05, 0.1) is 0 Å². The highest BCUT2D eigenvalue weighted by molar-refractivity contribution is 7.09. The van der Waals surface area contributed by atoms with Gasteiger partial charge in [-0.25, -0.2) is 4.98 Å². The van der Waals surface area contributed by atoms with Crippen LogP contribution in [0.4, 0.5) is 5.13 Å². The van der Waals surface area contributed by atoms with E-state index in [0.29, 0.717) is 10.8 Å². The first kappa shape index (κ1) is 12.6. The molecule has 0 saturated heterocycles. The van der Waals surface area contributed by atoms with Crippen molar-refractivity contribution in [2.75, 3.05) is 5.32 Å². The highest BCUT2D eigenvalue weighted by atomic mass is 32.1. The molecule has 0 unspecified atom stereocenters. The number of hydrogen-bond donors (Lipinski definition) is 1. The molecule has 94 valence electrons. The highest BCUT2D eigenvalue weighted by Crippen LogP contribution is 2.23. The average Bonchev–Trinajstić information content (AvgIpc) is 2.78. The van der Waals surface area contributed by atoms with Crippen LogP contribution >= 0.6 is 11.5 Å². The lowest BCUT2D eigenvalue weighted by molar-refractivity contribution is 0.102. The van der Waals surface area contributed by atoms with Crippen LogP contribution in [0.25, 0.3) is 0 Å². The third-order valence-corrected chi connectivity index (χ3v) is 2.85. The minimum absolute atomic E-state index is 0.121. The quantitative estimate of drug-likeness (QED) is 0.902. The van der Waals surface area contributed by atoms with Gasteiger partial charge in [0.25, 0.3) is 5.91 Å². The van der Waals surface area contributed by atoms with Crippen LogP contribution in [0, 0.1) is 0 Å². The fourth-order valence-electron chi connectivity index (χ4n) is 1.24. The molecule has 0 aliphatic heterocycles. The Morgan fingerprint density at radius 3 is 2.67 bits per heavy atom. The van der Waals surface area contributed by atoms with E-state index >= 15 is 0 Å².